The maximum absolute atomic E-state index is 12.5. The van der Waals surface area contributed by atoms with Gasteiger partial charge in [-0.1, -0.05) is 13.3 Å². The molecule has 3 rings (SSSR count). The number of unbranched alkanes of at least 4 members (excludes halogenated alkanes) is 1. The summed E-state index contributed by atoms with van der Waals surface area (Å²) in [6.07, 6.45) is 5.32. The summed E-state index contributed by atoms with van der Waals surface area (Å²) < 4.78 is 3.34. The quantitative estimate of drug-likeness (QED) is 0.714. The van der Waals surface area contributed by atoms with E-state index in [1.54, 1.807) is 9.08 Å². The lowest BCUT2D eigenvalue weighted by molar-refractivity contribution is 0.616. The molecule has 19 heavy (non-hydrogen) atoms. The minimum Gasteiger partial charge on any atom is -0.315 e. The highest BCUT2D eigenvalue weighted by molar-refractivity contribution is 5.81. The van der Waals surface area contributed by atoms with Gasteiger partial charge in [-0.25, -0.2) is 4.98 Å². The zero-order chi connectivity index (χ0) is 13.4. The number of aryl methyl sites for hydroxylation is 2. The van der Waals surface area contributed by atoms with Crippen molar-refractivity contribution in [3.8, 4) is 0 Å². The molecule has 0 atom stereocenters. The minimum absolute atomic E-state index is 0.00616. The van der Waals surface area contributed by atoms with Crippen LogP contribution in [-0.4, -0.2) is 24.1 Å². The third-order valence-electron chi connectivity index (χ3n) is 3.28. The summed E-state index contributed by atoms with van der Waals surface area (Å²) in [7, 11) is 0. The van der Waals surface area contributed by atoms with Crippen molar-refractivity contribution in [1.82, 2.24) is 24.1 Å². The Balaban J connectivity index is 2.33. The number of pyridine rings is 1. The van der Waals surface area contributed by atoms with Crippen LogP contribution >= 0.6 is 0 Å². The molecule has 0 fully saturated rings. The van der Waals surface area contributed by atoms with Gasteiger partial charge < -0.3 is 4.57 Å². The van der Waals surface area contributed by atoms with Gasteiger partial charge in [0.15, 0.2) is 0 Å². The van der Waals surface area contributed by atoms with E-state index in [1.165, 1.54) is 6.33 Å². The Bertz CT molecular complexity index is 802. The first-order valence-corrected chi connectivity index (χ1v) is 6.42. The molecule has 0 saturated carbocycles. The molecule has 3 heterocycles. The smallest absolute Gasteiger partial charge is 0.261 e. The van der Waals surface area contributed by atoms with Crippen molar-refractivity contribution >= 4 is 16.7 Å². The van der Waals surface area contributed by atoms with Gasteiger partial charge in [-0.15, -0.1) is 0 Å². The average Bonchev–Trinajstić information content (AvgIpc) is 2.85. The summed E-state index contributed by atoms with van der Waals surface area (Å²) >= 11 is 0. The van der Waals surface area contributed by atoms with E-state index < -0.39 is 0 Å². The predicted molar refractivity (Wildman–Crippen MR) is 72.2 cm³/mol. The summed E-state index contributed by atoms with van der Waals surface area (Å²) in [6.45, 7) is 4.68. The van der Waals surface area contributed by atoms with Gasteiger partial charge in [0.2, 0.25) is 0 Å². The van der Waals surface area contributed by atoms with E-state index in [9.17, 15) is 4.79 Å². The van der Waals surface area contributed by atoms with Gasteiger partial charge >= 0.3 is 0 Å². The molecule has 6 nitrogen and oxygen atoms in total. The second-order valence-electron chi connectivity index (χ2n) is 4.60. The number of rotatable bonds is 3. The predicted octanol–water partition coefficient (Wildman–Crippen LogP) is 1.55. The van der Waals surface area contributed by atoms with Crippen molar-refractivity contribution in [3.63, 3.8) is 0 Å². The van der Waals surface area contributed by atoms with Crippen LogP contribution in [0.1, 0.15) is 25.5 Å². The summed E-state index contributed by atoms with van der Waals surface area (Å²) in [5.74, 6) is 0.524. The SMILES string of the molecule is CCCCn1ccc2c(c(C)nc3ncnn32)c1=O. The Morgan fingerprint density at radius 2 is 2.21 bits per heavy atom. The largest absolute Gasteiger partial charge is 0.315 e. The zero-order valence-electron chi connectivity index (χ0n) is 11.0. The lowest BCUT2D eigenvalue weighted by Crippen LogP contribution is -2.21. The van der Waals surface area contributed by atoms with Gasteiger partial charge in [-0.3, -0.25) is 4.79 Å². The van der Waals surface area contributed by atoms with Crippen molar-refractivity contribution in [3.05, 3.63) is 34.6 Å². The van der Waals surface area contributed by atoms with Crippen LogP contribution in [0.2, 0.25) is 0 Å². The molecule has 98 valence electrons. The van der Waals surface area contributed by atoms with Crippen molar-refractivity contribution in [1.29, 1.82) is 0 Å². The molecule has 3 aromatic rings. The molecule has 0 aromatic carbocycles. The van der Waals surface area contributed by atoms with Crippen LogP contribution < -0.4 is 5.56 Å². The maximum Gasteiger partial charge on any atom is 0.261 e. The third-order valence-corrected chi connectivity index (χ3v) is 3.28. The number of hydrogen-bond donors (Lipinski definition) is 0. The lowest BCUT2D eigenvalue weighted by Gasteiger charge is -2.08. The van der Waals surface area contributed by atoms with Gasteiger partial charge in [-0.05, 0) is 19.4 Å². The molecule has 3 aromatic heterocycles. The first-order chi connectivity index (χ1) is 9.22. The Morgan fingerprint density at radius 1 is 1.37 bits per heavy atom. The molecule has 0 saturated heterocycles. The van der Waals surface area contributed by atoms with E-state index in [2.05, 4.69) is 22.0 Å². The highest BCUT2D eigenvalue weighted by Gasteiger charge is 2.11. The Hall–Kier alpha value is -2.24. The number of hydrogen-bond acceptors (Lipinski definition) is 4. The van der Waals surface area contributed by atoms with Crippen LogP contribution in [0.4, 0.5) is 0 Å². The number of aromatic nitrogens is 5. The highest BCUT2D eigenvalue weighted by atomic mass is 16.1. The van der Waals surface area contributed by atoms with E-state index in [-0.39, 0.29) is 5.56 Å². The van der Waals surface area contributed by atoms with Gasteiger partial charge in [-0.2, -0.15) is 14.6 Å². The van der Waals surface area contributed by atoms with Crippen LogP contribution in [0.3, 0.4) is 0 Å². The van der Waals surface area contributed by atoms with Crippen molar-refractivity contribution in [2.45, 2.75) is 33.2 Å². The molecule has 0 bridgehead atoms. The van der Waals surface area contributed by atoms with E-state index >= 15 is 0 Å². The Labute approximate surface area is 109 Å². The Morgan fingerprint density at radius 3 is 3.00 bits per heavy atom. The van der Waals surface area contributed by atoms with Crippen molar-refractivity contribution in [2.24, 2.45) is 0 Å². The van der Waals surface area contributed by atoms with Crippen molar-refractivity contribution < 1.29 is 0 Å². The van der Waals surface area contributed by atoms with E-state index in [4.69, 9.17) is 0 Å². The monoisotopic (exact) mass is 257 g/mol. The zero-order valence-corrected chi connectivity index (χ0v) is 11.0. The van der Waals surface area contributed by atoms with Crippen LogP contribution in [0.5, 0.6) is 0 Å². The summed E-state index contributed by atoms with van der Waals surface area (Å²) in [6, 6.07) is 1.91. The average molecular weight is 257 g/mol. The number of nitrogens with zero attached hydrogens (tertiary/aromatic N) is 5. The maximum atomic E-state index is 12.5. The second-order valence-corrected chi connectivity index (χ2v) is 4.60. The fourth-order valence-corrected chi connectivity index (χ4v) is 2.27. The van der Waals surface area contributed by atoms with Crippen LogP contribution in [0.25, 0.3) is 16.7 Å². The second kappa shape index (κ2) is 4.46. The van der Waals surface area contributed by atoms with Crippen LogP contribution in [-0.2, 0) is 6.54 Å². The minimum atomic E-state index is -0.00616. The molecule has 0 aliphatic heterocycles. The first-order valence-electron chi connectivity index (χ1n) is 6.42. The van der Waals surface area contributed by atoms with Gasteiger partial charge in [0, 0.05) is 12.7 Å². The van der Waals surface area contributed by atoms with Crippen LogP contribution in [0.15, 0.2) is 23.4 Å². The molecule has 0 radical (unpaired) electrons. The van der Waals surface area contributed by atoms with E-state index in [0.717, 1.165) is 24.9 Å². The number of fused-ring (bicyclic) bond motifs is 3. The summed E-state index contributed by atoms with van der Waals surface area (Å²) in [5, 5.41) is 4.74. The molecule has 6 heteroatoms. The van der Waals surface area contributed by atoms with Crippen LogP contribution in [0, 0.1) is 6.92 Å². The summed E-state index contributed by atoms with van der Waals surface area (Å²) in [4.78, 5) is 20.9. The molecular formula is C13H15N5O. The fourth-order valence-electron chi connectivity index (χ4n) is 2.27. The van der Waals surface area contributed by atoms with Gasteiger partial charge in [0.1, 0.15) is 6.33 Å². The highest BCUT2D eigenvalue weighted by Crippen LogP contribution is 2.13. The topological polar surface area (TPSA) is 65.1 Å². The van der Waals surface area contributed by atoms with Crippen molar-refractivity contribution in [2.75, 3.05) is 0 Å². The van der Waals surface area contributed by atoms with Gasteiger partial charge in [0.05, 0.1) is 16.6 Å². The normalized spacial score (nSPS) is 11.5. The molecule has 0 amide bonds. The van der Waals surface area contributed by atoms with E-state index in [0.29, 0.717) is 16.9 Å². The lowest BCUT2D eigenvalue weighted by atomic mass is 10.2. The fraction of sp³-hybridized carbons (Fsp3) is 0.385. The molecule has 0 N–H and O–H groups in total. The molecule has 0 aliphatic rings. The molecule has 0 spiro atoms. The molecular weight excluding hydrogens is 242 g/mol. The standard InChI is InChI=1S/C13H15N5O/c1-3-4-6-17-7-5-10-11(12(17)19)9(2)16-13-14-8-15-18(10)13/h5,7-8H,3-4,6H2,1-2H3. The third kappa shape index (κ3) is 1.80. The summed E-state index contributed by atoms with van der Waals surface area (Å²) in [5.41, 5.74) is 1.46. The Kier molecular flexibility index (Phi) is 2.77. The molecule has 0 aliphatic carbocycles. The van der Waals surface area contributed by atoms with E-state index in [1.807, 2.05) is 19.2 Å². The van der Waals surface area contributed by atoms with Gasteiger partial charge in [0.25, 0.3) is 11.3 Å². The molecule has 0 unspecified atom stereocenters. The first kappa shape index (κ1) is 11.8.